The zero-order valence-electron chi connectivity index (χ0n) is 15.1. The molecule has 1 amide bonds. The molecular formula is C19H19FN4OS3. The van der Waals surface area contributed by atoms with Crippen molar-refractivity contribution in [3.8, 4) is 0 Å². The molecule has 0 atom stereocenters. The van der Waals surface area contributed by atoms with Crippen molar-refractivity contribution >= 4 is 51.6 Å². The molecule has 0 aliphatic carbocycles. The van der Waals surface area contributed by atoms with Gasteiger partial charge in [0, 0.05) is 22.9 Å². The maximum Gasteiger partial charge on any atom is 0.230 e. The summed E-state index contributed by atoms with van der Waals surface area (Å²) in [6.07, 6.45) is 0. The van der Waals surface area contributed by atoms with Crippen LogP contribution in [0.25, 0.3) is 0 Å². The van der Waals surface area contributed by atoms with Gasteiger partial charge in [-0.15, -0.1) is 22.0 Å². The van der Waals surface area contributed by atoms with Crippen molar-refractivity contribution in [2.24, 2.45) is 0 Å². The van der Waals surface area contributed by atoms with Gasteiger partial charge in [-0.05, 0) is 37.3 Å². The first-order valence-corrected chi connectivity index (χ1v) is 11.3. The van der Waals surface area contributed by atoms with Crippen molar-refractivity contribution in [2.75, 3.05) is 23.4 Å². The normalized spacial score (nSPS) is 10.6. The molecule has 5 nitrogen and oxygen atoms in total. The van der Waals surface area contributed by atoms with E-state index < -0.39 is 0 Å². The van der Waals surface area contributed by atoms with Crippen LogP contribution in [0.1, 0.15) is 5.56 Å². The standard InChI is InChI=1S/C19H19FN4OS3/c1-13-5-7-16(8-6-13)26-10-9-21-17(25)12-27-19-24-23-18(28-19)22-15-4-2-3-14(20)11-15/h2-8,11H,9-10,12H2,1H3,(H,21,25)(H,22,23). The van der Waals surface area contributed by atoms with Gasteiger partial charge in [0.1, 0.15) is 5.82 Å². The van der Waals surface area contributed by atoms with Crippen LogP contribution in [-0.4, -0.2) is 34.2 Å². The molecule has 28 heavy (non-hydrogen) atoms. The molecule has 0 bridgehead atoms. The van der Waals surface area contributed by atoms with Gasteiger partial charge in [0.2, 0.25) is 11.0 Å². The van der Waals surface area contributed by atoms with Crippen molar-refractivity contribution < 1.29 is 9.18 Å². The summed E-state index contributed by atoms with van der Waals surface area (Å²) in [6, 6.07) is 14.5. The molecule has 1 aromatic heterocycles. The zero-order chi connectivity index (χ0) is 19.8. The molecule has 0 radical (unpaired) electrons. The number of aromatic nitrogens is 2. The number of thioether (sulfide) groups is 2. The lowest BCUT2D eigenvalue weighted by Gasteiger charge is -2.04. The number of carbonyl (C=O) groups is 1. The number of benzene rings is 2. The number of nitrogens with one attached hydrogen (secondary N) is 2. The van der Waals surface area contributed by atoms with Gasteiger partial charge in [-0.1, -0.05) is 46.9 Å². The monoisotopic (exact) mass is 434 g/mol. The van der Waals surface area contributed by atoms with Gasteiger partial charge in [0.05, 0.1) is 5.75 Å². The number of aryl methyl sites for hydroxylation is 1. The number of hydrogen-bond acceptors (Lipinski definition) is 7. The van der Waals surface area contributed by atoms with Gasteiger partial charge in [-0.3, -0.25) is 4.79 Å². The highest BCUT2D eigenvalue weighted by Crippen LogP contribution is 2.27. The van der Waals surface area contributed by atoms with Crippen LogP contribution in [0.4, 0.5) is 15.2 Å². The lowest BCUT2D eigenvalue weighted by molar-refractivity contribution is -0.118. The van der Waals surface area contributed by atoms with E-state index in [-0.39, 0.29) is 17.5 Å². The van der Waals surface area contributed by atoms with E-state index in [0.717, 1.165) is 5.75 Å². The lowest BCUT2D eigenvalue weighted by atomic mass is 10.2. The van der Waals surface area contributed by atoms with E-state index in [9.17, 15) is 9.18 Å². The van der Waals surface area contributed by atoms with Crippen LogP contribution in [0.5, 0.6) is 0 Å². The Hall–Kier alpha value is -2.10. The van der Waals surface area contributed by atoms with E-state index in [4.69, 9.17) is 0 Å². The molecule has 0 saturated heterocycles. The van der Waals surface area contributed by atoms with Crippen LogP contribution in [0, 0.1) is 12.7 Å². The number of rotatable bonds is 9. The number of halogens is 1. The molecule has 2 aromatic carbocycles. The fourth-order valence-corrected chi connectivity index (χ4v) is 4.55. The van der Waals surface area contributed by atoms with E-state index in [1.807, 2.05) is 0 Å². The van der Waals surface area contributed by atoms with E-state index in [0.29, 0.717) is 21.7 Å². The Labute approximate surface area is 175 Å². The van der Waals surface area contributed by atoms with Crippen LogP contribution in [0.3, 0.4) is 0 Å². The summed E-state index contributed by atoms with van der Waals surface area (Å²) in [6.45, 7) is 2.67. The largest absolute Gasteiger partial charge is 0.355 e. The summed E-state index contributed by atoms with van der Waals surface area (Å²) < 4.78 is 13.9. The quantitative estimate of drug-likeness (QED) is 0.375. The maximum absolute atomic E-state index is 13.2. The third-order valence-electron chi connectivity index (χ3n) is 3.52. The molecule has 0 unspecified atom stereocenters. The topological polar surface area (TPSA) is 66.9 Å². The fourth-order valence-electron chi connectivity index (χ4n) is 2.18. The number of amides is 1. The molecule has 0 fully saturated rings. The third-order valence-corrected chi connectivity index (χ3v) is 6.51. The van der Waals surface area contributed by atoms with Gasteiger partial charge in [0.25, 0.3) is 0 Å². The van der Waals surface area contributed by atoms with Crippen molar-refractivity contribution in [3.63, 3.8) is 0 Å². The molecule has 0 saturated carbocycles. The fraction of sp³-hybridized carbons (Fsp3) is 0.211. The molecule has 3 aromatic rings. The van der Waals surface area contributed by atoms with E-state index in [1.165, 1.54) is 45.7 Å². The molecular weight excluding hydrogens is 415 g/mol. The summed E-state index contributed by atoms with van der Waals surface area (Å²) in [4.78, 5) is 13.2. The molecule has 0 aliphatic heterocycles. The number of anilines is 2. The van der Waals surface area contributed by atoms with Crippen LogP contribution in [0.2, 0.25) is 0 Å². The minimum Gasteiger partial charge on any atom is -0.355 e. The minimum atomic E-state index is -0.318. The van der Waals surface area contributed by atoms with Crippen LogP contribution < -0.4 is 10.6 Å². The Morgan fingerprint density at radius 2 is 1.96 bits per heavy atom. The summed E-state index contributed by atoms with van der Waals surface area (Å²) in [5, 5.41) is 14.5. The highest BCUT2D eigenvalue weighted by molar-refractivity contribution is 8.01. The summed E-state index contributed by atoms with van der Waals surface area (Å²) >= 11 is 4.37. The van der Waals surface area contributed by atoms with Crippen molar-refractivity contribution in [3.05, 3.63) is 59.9 Å². The molecule has 1 heterocycles. The smallest absolute Gasteiger partial charge is 0.230 e. The van der Waals surface area contributed by atoms with E-state index in [2.05, 4.69) is 52.0 Å². The van der Waals surface area contributed by atoms with E-state index in [1.54, 1.807) is 23.9 Å². The minimum absolute atomic E-state index is 0.0376. The van der Waals surface area contributed by atoms with E-state index >= 15 is 0 Å². The molecule has 0 aliphatic rings. The summed E-state index contributed by atoms with van der Waals surface area (Å²) in [5.74, 6) is 0.745. The first kappa shape index (κ1) is 20.6. The van der Waals surface area contributed by atoms with Gasteiger partial charge in [-0.25, -0.2) is 4.39 Å². The second kappa shape index (κ2) is 10.4. The van der Waals surface area contributed by atoms with Gasteiger partial charge < -0.3 is 10.6 Å². The Kier molecular flexibility index (Phi) is 7.70. The van der Waals surface area contributed by atoms with Crippen molar-refractivity contribution in [1.29, 1.82) is 0 Å². The summed E-state index contributed by atoms with van der Waals surface area (Å²) in [7, 11) is 0. The average Bonchev–Trinajstić information content (AvgIpc) is 3.12. The molecule has 0 spiro atoms. The molecule has 2 N–H and O–H groups in total. The highest BCUT2D eigenvalue weighted by Gasteiger charge is 2.08. The molecule has 3 rings (SSSR count). The maximum atomic E-state index is 13.2. The Balaban J connectivity index is 1.35. The lowest BCUT2D eigenvalue weighted by Crippen LogP contribution is -2.27. The molecule has 146 valence electrons. The predicted octanol–water partition coefficient (Wildman–Crippen LogP) is 4.73. The SMILES string of the molecule is Cc1ccc(SCCNC(=O)CSc2nnc(Nc3cccc(F)c3)s2)cc1. The van der Waals surface area contributed by atoms with Crippen LogP contribution in [0.15, 0.2) is 57.8 Å². The second-order valence-electron chi connectivity index (χ2n) is 5.81. The van der Waals surface area contributed by atoms with Crippen molar-refractivity contribution in [2.45, 2.75) is 16.2 Å². The first-order chi connectivity index (χ1) is 13.6. The Morgan fingerprint density at radius 1 is 1.14 bits per heavy atom. The van der Waals surface area contributed by atoms with Gasteiger partial charge in [-0.2, -0.15) is 0 Å². The van der Waals surface area contributed by atoms with Gasteiger partial charge >= 0.3 is 0 Å². The number of nitrogens with zero attached hydrogens (tertiary/aromatic N) is 2. The van der Waals surface area contributed by atoms with Crippen LogP contribution in [-0.2, 0) is 4.79 Å². The second-order valence-corrected chi connectivity index (χ2v) is 9.18. The average molecular weight is 435 g/mol. The number of hydrogen-bond donors (Lipinski definition) is 2. The van der Waals surface area contributed by atoms with Crippen LogP contribution >= 0.6 is 34.9 Å². The summed E-state index contributed by atoms with van der Waals surface area (Å²) in [5.41, 5.74) is 1.84. The zero-order valence-corrected chi connectivity index (χ0v) is 17.6. The predicted molar refractivity (Wildman–Crippen MR) is 115 cm³/mol. The molecule has 9 heteroatoms. The first-order valence-electron chi connectivity index (χ1n) is 8.53. The Morgan fingerprint density at radius 3 is 2.75 bits per heavy atom. The number of carbonyl (C=O) groups excluding carboxylic acids is 1. The van der Waals surface area contributed by atoms with Gasteiger partial charge in [0.15, 0.2) is 4.34 Å². The Bertz CT molecular complexity index is 918. The highest BCUT2D eigenvalue weighted by atomic mass is 32.2. The van der Waals surface area contributed by atoms with Crippen molar-refractivity contribution in [1.82, 2.24) is 15.5 Å². The third kappa shape index (κ3) is 6.81.